The van der Waals surface area contributed by atoms with E-state index in [1.807, 2.05) is 41.9 Å². The number of anilines is 2. The average Bonchev–Trinajstić information content (AvgIpc) is 3.47. The van der Waals surface area contributed by atoms with Crippen molar-refractivity contribution >= 4 is 28.5 Å². The van der Waals surface area contributed by atoms with Crippen molar-refractivity contribution in [2.45, 2.75) is 39.0 Å². The first kappa shape index (κ1) is 24.0. The monoisotopic (exact) mass is 483 g/mol. The number of nitrogens with zero attached hydrogens (tertiary/aromatic N) is 4. The number of hydrogen-bond acceptors (Lipinski definition) is 6. The molecule has 36 heavy (non-hydrogen) atoms. The maximum Gasteiger partial charge on any atom is 0.208 e. The van der Waals surface area contributed by atoms with Gasteiger partial charge in [-0.25, -0.2) is 4.98 Å². The normalized spacial score (nSPS) is 14.0. The van der Waals surface area contributed by atoms with Crippen LogP contribution in [0.1, 0.15) is 43.9 Å². The second-order valence-electron chi connectivity index (χ2n) is 9.83. The van der Waals surface area contributed by atoms with Crippen LogP contribution in [0.15, 0.2) is 60.8 Å². The number of carbonyl (C=O) groups excluding carboxylic acids is 1. The summed E-state index contributed by atoms with van der Waals surface area (Å²) in [5.74, 6) is 2.77. The lowest BCUT2D eigenvalue weighted by Crippen LogP contribution is -2.27. The molecule has 0 unspecified atom stereocenters. The van der Waals surface area contributed by atoms with E-state index in [0.717, 1.165) is 41.5 Å². The highest BCUT2D eigenvalue weighted by molar-refractivity contribution is 5.83. The fraction of sp³-hybridized carbons (Fsp3) is 0.345. The molecule has 186 valence electrons. The molecule has 1 fully saturated rings. The summed E-state index contributed by atoms with van der Waals surface area (Å²) < 4.78 is 8.16. The van der Waals surface area contributed by atoms with Crippen molar-refractivity contribution in [1.82, 2.24) is 19.4 Å². The van der Waals surface area contributed by atoms with Gasteiger partial charge in [-0.2, -0.15) is 0 Å². The van der Waals surface area contributed by atoms with Crippen molar-refractivity contribution in [3.05, 3.63) is 72.1 Å². The Hall–Kier alpha value is -3.71. The molecule has 0 spiro atoms. The van der Waals surface area contributed by atoms with E-state index in [1.165, 1.54) is 18.4 Å². The van der Waals surface area contributed by atoms with Crippen molar-refractivity contribution in [2.24, 2.45) is 7.05 Å². The van der Waals surface area contributed by atoms with Gasteiger partial charge >= 0.3 is 0 Å². The molecule has 3 heterocycles. The molecule has 7 heteroatoms. The Kier molecular flexibility index (Phi) is 7.00. The van der Waals surface area contributed by atoms with Gasteiger partial charge in [0.15, 0.2) is 5.78 Å². The van der Waals surface area contributed by atoms with Gasteiger partial charge in [-0.15, -0.1) is 0 Å². The van der Waals surface area contributed by atoms with Gasteiger partial charge in [-0.05, 0) is 67.7 Å². The summed E-state index contributed by atoms with van der Waals surface area (Å²) in [4.78, 5) is 23.9. The molecule has 1 aliphatic heterocycles. The number of carbonyl (C=O) groups is 1. The second kappa shape index (κ2) is 10.5. The lowest BCUT2D eigenvalue weighted by molar-refractivity contribution is -0.119. The number of Topliss-reactive ketones (excluding diaryl/α,β-unsaturated/α-hetero) is 1. The summed E-state index contributed by atoms with van der Waals surface area (Å²) in [6.07, 6.45) is 4.37. The van der Waals surface area contributed by atoms with Crippen LogP contribution in [0.2, 0.25) is 0 Å². The van der Waals surface area contributed by atoms with E-state index < -0.39 is 0 Å². The van der Waals surface area contributed by atoms with Gasteiger partial charge in [-0.1, -0.05) is 26.0 Å². The second-order valence-corrected chi connectivity index (χ2v) is 9.83. The van der Waals surface area contributed by atoms with Crippen LogP contribution >= 0.6 is 0 Å². The number of benzene rings is 2. The standard InChI is InChI=1S/C29H33N5O2/c1-20(2)21-7-6-8-22(15-21)31-29-32-27-18-25(9-10-28(27)33(29)3)36-26-11-12-30-23(17-26)16-24(35)19-34-13-4-5-14-34/h6-12,15,17-18,20H,4-5,13-14,16,19H2,1-3H3,(H,31,32). The first-order chi connectivity index (χ1) is 17.4. The fourth-order valence-electron chi connectivity index (χ4n) is 4.66. The highest BCUT2D eigenvalue weighted by Gasteiger charge is 2.16. The Labute approximate surface area is 212 Å². The van der Waals surface area contributed by atoms with Crippen LogP contribution in [-0.2, 0) is 18.3 Å². The summed E-state index contributed by atoms with van der Waals surface area (Å²) in [7, 11) is 2.00. The summed E-state index contributed by atoms with van der Waals surface area (Å²) in [5, 5.41) is 3.44. The lowest BCUT2D eigenvalue weighted by Gasteiger charge is -2.13. The molecule has 4 aromatic rings. The smallest absolute Gasteiger partial charge is 0.208 e. The number of rotatable bonds is 9. The summed E-state index contributed by atoms with van der Waals surface area (Å²) in [6.45, 7) is 6.91. The molecule has 5 rings (SSSR count). The molecule has 0 radical (unpaired) electrons. The van der Waals surface area contributed by atoms with E-state index in [-0.39, 0.29) is 5.78 Å². The van der Waals surface area contributed by atoms with E-state index >= 15 is 0 Å². The molecular weight excluding hydrogens is 450 g/mol. The Morgan fingerprint density at radius 1 is 1.06 bits per heavy atom. The number of ether oxygens (including phenoxy) is 1. The lowest BCUT2D eigenvalue weighted by atomic mass is 10.0. The molecule has 0 amide bonds. The summed E-state index contributed by atoms with van der Waals surface area (Å²) >= 11 is 0. The van der Waals surface area contributed by atoms with Crippen LogP contribution < -0.4 is 10.1 Å². The predicted octanol–water partition coefficient (Wildman–Crippen LogP) is 5.84. The van der Waals surface area contributed by atoms with Crippen LogP contribution in [0.25, 0.3) is 11.0 Å². The molecule has 0 saturated carbocycles. The number of aryl methyl sites for hydroxylation is 1. The molecule has 0 atom stereocenters. The first-order valence-electron chi connectivity index (χ1n) is 12.6. The largest absolute Gasteiger partial charge is 0.457 e. The average molecular weight is 484 g/mol. The van der Waals surface area contributed by atoms with Crippen molar-refractivity contribution < 1.29 is 9.53 Å². The third-order valence-corrected chi connectivity index (χ3v) is 6.66. The Balaban J connectivity index is 1.29. The maximum atomic E-state index is 12.5. The summed E-state index contributed by atoms with van der Waals surface area (Å²) in [6, 6.07) is 18.0. The number of fused-ring (bicyclic) bond motifs is 1. The van der Waals surface area contributed by atoms with Crippen molar-refractivity contribution in [2.75, 3.05) is 25.0 Å². The minimum atomic E-state index is 0.190. The van der Waals surface area contributed by atoms with E-state index in [9.17, 15) is 4.79 Å². The zero-order valence-corrected chi connectivity index (χ0v) is 21.2. The van der Waals surface area contributed by atoms with Crippen molar-refractivity contribution in [3.8, 4) is 11.5 Å². The van der Waals surface area contributed by atoms with E-state index in [0.29, 0.717) is 30.4 Å². The highest BCUT2D eigenvalue weighted by atomic mass is 16.5. The molecule has 1 N–H and O–H groups in total. The molecule has 1 aliphatic rings. The number of imidazole rings is 1. The van der Waals surface area contributed by atoms with Crippen LogP contribution in [0.5, 0.6) is 11.5 Å². The highest BCUT2D eigenvalue weighted by Crippen LogP contribution is 2.29. The number of likely N-dealkylation sites (tertiary alicyclic amines) is 1. The molecule has 7 nitrogen and oxygen atoms in total. The molecular formula is C29H33N5O2. The van der Waals surface area contributed by atoms with Gasteiger partial charge in [0.2, 0.25) is 5.95 Å². The fourth-order valence-corrected chi connectivity index (χ4v) is 4.66. The minimum absolute atomic E-state index is 0.190. The van der Waals surface area contributed by atoms with Crippen LogP contribution in [-0.4, -0.2) is 44.9 Å². The number of nitrogens with one attached hydrogen (secondary N) is 1. The van der Waals surface area contributed by atoms with Gasteiger partial charge in [-0.3, -0.25) is 14.7 Å². The number of ketones is 1. The first-order valence-corrected chi connectivity index (χ1v) is 12.6. The quantitative estimate of drug-likeness (QED) is 0.323. The molecule has 1 saturated heterocycles. The number of hydrogen-bond donors (Lipinski definition) is 1. The zero-order valence-electron chi connectivity index (χ0n) is 21.2. The SMILES string of the molecule is CC(C)c1cccc(Nc2nc3cc(Oc4ccnc(CC(=O)CN5CCCC5)c4)ccc3n2C)c1. The minimum Gasteiger partial charge on any atom is -0.457 e. The summed E-state index contributed by atoms with van der Waals surface area (Å²) in [5.41, 5.74) is 4.87. The van der Waals surface area contributed by atoms with Crippen LogP contribution in [0, 0.1) is 0 Å². The van der Waals surface area contributed by atoms with Crippen LogP contribution in [0.4, 0.5) is 11.6 Å². The Morgan fingerprint density at radius 2 is 1.86 bits per heavy atom. The van der Waals surface area contributed by atoms with E-state index in [4.69, 9.17) is 9.72 Å². The topological polar surface area (TPSA) is 72.3 Å². The Morgan fingerprint density at radius 3 is 2.67 bits per heavy atom. The van der Waals surface area contributed by atoms with Crippen molar-refractivity contribution in [3.63, 3.8) is 0 Å². The molecule has 0 bridgehead atoms. The number of pyridine rings is 1. The predicted molar refractivity (Wildman–Crippen MR) is 143 cm³/mol. The van der Waals surface area contributed by atoms with Crippen molar-refractivity contribution in [1.29, 1.82) is 0 Å². The number of aromatic nitrogens is 3. The zero-order chi connectivity index (χ0) is 25.1. The third-order valence-electron chi connectivity index (χ3n) is 6.66. The van der Waals surface area contributed by atoms with Gasteiger partial charge < -0.3 is 14.6 Å². The maximum absolute atomic E-state index is 12.5. The van der Waals surface area contributed by atoms with Crippen LogP contribution in [0.3, 0.4) is 0 Å². The molecule has 0 aliphatic carbocycles. The van der Waals surface area contributed by atoms with Gasteiger partial charge in [0.1, 0.15) is 11.5 Å². The molecule has 2 aromatic heterocycles. The Bertz CT molecular complexity index is 1370. The molecule has 2 aromatic carbocycles. The van der Waals surface area contributed by atoms with Gasteiger partial charge in [0, 0.05) is 31.1 Å². The van der Waals surface area contributed by atoms with E-state index in [2.05, 4.69) is 53.3 Å². The third kappa shape index (κ3) is 5.57. The van der Waals surface area contributed by atoms with Gasteiger partial charge in [0.25, 0.3) is 0 Å². The van der Waals surface area contributed by atoms with Gasteiger partial charge in [0.05, 0.1) is 29.7 Å². The van der Waals surface area contributed by atoms with E-state index in [1.54, 1.807) is 6.20 Å².